The Morgan fingerprint density at radius 2 is 2.25 bits per heavy atom. The summed E-state index contributed by atoms with van der Waals surface area (Å²) < 4.78 is 0. The van der Waals surface area contributed by atoms with E-state index in [1.807, 2.05) is 5.40 Å². The van der Waals surface area contributed by atoms with Gasteiger partial charge in [0.05, 0.1) is 0 Å². The number of hydrogen-bond acceptors (Lipinski definition) is 2. The Morgan fingerprint density at radius 3 is 2.25 bits per heavy atom. The van der Waals surface area contributed by atoms with Crippen LogP contribution in [0.2, 0.25) is 0 Å². The number of hydrogen-bond donors (Lipinski definition) is 0. The molecule has 0 radical (unpaired) electrons. The Hall–Kier alpha value is 0.580. The molecule has 0 heterocycles. The van der Waals surface area contributed by atoms with Gasteiger partial charge >= 0.3 is 39.6 Å². The van der Waals surface area contributed by atoms with Gasteiger partial charge in [0.2, 0.25) is 0 Å². The summed E-state index contributed by atoms with van der Waals surface area (Å²) in [6, 6.07) is 0. The van der Waals surface area contributed by atoms with Crippen LogP contribution >= 0.6 is 9.23 Å². The molecule has 4 heavy (non-hydrogen) atoms. The van der Waals surface area contributed by atoms with Gasteiger partial charge in [-0.1, -0.05) is 0 Å². The van der Waals surface area contributed by atoms with Crippen molar-refractivity contribution in [2.24, 2.45) is 0 Å². The summed E-state index contributed by atoms with van der Waals surface area (Å²) >= 11 is 2.05. The molecule has 0 atom stereocenters. The van der Waals surface area contributed by atoms with E-state index < -0.39 is 0 Å². The van der Waals surface area contributed by atoms with Crippen LogP contribution in [0.25, 0.3) is 0 Å². The van der Waals surface area contributed by atoms with E-state index in [2.05, 4.69) is 19.7 Å². The van der Waals surface area contributed by atoms with Crippen molar-refractivity contribution in [3.63, 3.8) is 0 Å². The molecular weight excluding hydrogens is 255 g/mol. The molecule has 3 heteroatoms. The average Bonchev–Trinajstić information content (AvgIpc) is 1.37. The van der Waals surface area contributed by atoms with Crippen LogP contribution in [0.15, 0.2) is 0 Å². The predicted octanol–water partition coefficient (Wildman–Crippen LogP) is 0.662. The summed E-state index contributed by atoms with van der Waals surface area (Å²) in [6.45, 7) is 0. The minimum absolute atomic E-state index is 1.11. The third-order valence-electron chi connectivity index (χ3n) is 0.0275. The average molecular weight is 255 g/mol. The molecular formula is CAuNS. The van der Waals surface area contributed by atoms with Gasteiger partial charge in [-0.2, -0.15) is 0 Å². The van der Waals surface area contributed by atoms with Crippen LogP contribution in [0.3, 0.4) is 0 Å². The Balaban J connectivity index is 2.43. The van der Waals surface area contributed by atoms with Crippen LogP contribution in [0.1, 0.15) is 0 Å². The first-order chi connectivity index (χ1) is 1.91. The quantitative estimate of drug-likeness (QED) is 0.469. The SMILES string of the molecule is N#C[S][Au]. The fourth-order valence-corrected chi connectivity index (χ4v) is 0. The summed E-state index contributed by atoms with van der Waals surface area (Å²) in [5.41, 5.74) is 0. The molecule has 1 nitrogen and oxygen atoms in total. The zero-order valence-electron chi connectivity index (χ0n) is 1.66. The number of thiocyanates is 1. The fourth-order valence-electron chi connectivity index (χ4n) is 0. The minimum atomic E-state index is 1.11. The van der Waals surface area contributed by atoms with Crippen molar-refractivity contribution in [3.05, 3.63) is 0 Å². The molecule has 0 bridgehead atoms. The van der Waals surface area contributed by atoms with E-state index in [1.54, 1.807) is 0 Å². The van der Waals surface area contributed by atoms with Gasteiger partial charge in [0.1, 0.15) is 0 Å². The summed E-state index contributed by atoms with van der Waals surface area (Å²) in [6.07, 6.45) is 0. The summed E-state index contributed by atoms with van der Waals surface area (Å²) in [5, 5.41) is 9.40. The van der Waals surface area contributed by atoms with Crippen molar-refractivity contribution in [1.82, 2.24) is 0 Å². The molecule has 0 spiro atoms. The summed E-state index contributed by atoms with van der Waals surface area (Å²) in [5.74, 6) is 0. The van der Waals surface area contributed by atoms with Gasteiger partial charge in [-0.05, 0) is 0 Å². The molecule has 0 N–H and O–H groups in total. The first-order valence-electron chi connectivity index (χ1n) is 0.551. The second-order valence-corrected chi connectivity index (χ2v) is 1.79. The second-order valence-electron chi connectivity index (χ2n) is 0.153. The van der Waals surface area contributed by atoms with E-state index in [4.69, 9.17) is 5.26 Å². The van der Waals surface area contributed by atoms with E-state index in [9.17, 15) is 0 Å². The molecule has 0 saturated carbocycles. The molecule has 0 aromatic rings. The maximum absolute atomic E-state index is 7.57. The molecule has 0 saturated heterocycles. The van der Waals surface area contributed by atoms with E-state index in [1.165, 1.54) is 0 Å². The number of nitriles is 1. The maximum atomic E-state index is 7.57. The fraction of sp³-hybridized carbons (Fsp3) is 0. The Labute approximate surface area is 39.9 Å². The van der Waals surface area contributed by atoms with Crippen LogP contribution in [0, 0.1) is 10.7 Å². The van der Waals surface area contributed by atoms with Crippen LogP contribution in [-0.4, -0.2) is 0 Å². The summed E-state index contributed by atoms with van der Waals surface area (Å²) in [7, 11) is 1.11. The predicted molar refractivity (Wildman–Crippen MR) is 13.2 cm³/mol. The van der Waals surface area contributed by atoms with Crippen molar-refractivity contribution in [1.29, 1.82) is 5.26 Å². The zero-order valence-corrected chi connectivity index (χ0v) is 4.64. The zero-order chi connectivity index (χ0) is 3.41. The Bertz CT molecular complexity index is 37.8. The van der Waals surface area contributed by atoms with Gasteiger partial charge < -0.3 is 0 Å². The van der Waals surface area contributed by atoms with Crippen LogP contribution in [0.5, 0.6) is 0 Å². The third kappa shape index (κ3) is 2.58. The van der Waals surface area contributed by atoms with E-state index >= 15 is 0 Å². The summed E-state index contributed by atoms with van der Waals surface area (Å²) in [4.78, 5) is 0. The number of rotatable bonds is 0. The Morgan fingerprint density at radius 1 is 2.00 bits per heavy atom. The standard InChI is InChI=1S/CHNS.Au/c2-1-3;/h3H;/q;+1/p-1. The molecule has 26 valence electrons. The normalized spacial score (nSPS) is 5.25. The van der Waals surface area contributed by atoms with Crippen molar-refractivity contribution >= 4 is 9.23 Å². The molecule has 0 aliphatic rings. The topological polar surface area (TPSA) is 23.8 Å². The van der Waals surface area contributed by atoms with Crippen molar-refractivity contribution < 1.29 is 19.7 Å². The first-order valence-corrected chi connectivity index (χ1v) is 3.86. The van der Waals surface area contributed by atoms with Crippen LogP contribution in [-0.2, 0) is 19.7 Å². The molecule has 0 unspecified atom stereocenters. The first kappa shape index (κ1) is 4.58. The van der Waals surface area contributed by atoms with E-state index in [0.29, 0.717) is 0 Å². The molecule has 0 aromatic carbocycles. The third-order valence-corrected chi connectivity index (χ3v) is 0.676. The number of nitrogens with zero attached hydrogens (tertiary/aromatic N) is 1. The van der Waals surface area contributed by atoms with Gasteiger partial charge in [0.25, 0.3) is 0 Å². The van der Waals surface area contributed by atoms with Crippen LogP contribution < -0.4 is 0 Å². The van der Waals surface area contributed by atoms with Crippen molar-refractivity contribution in [2.75, 3.05) is 0 Å². The van der Waals surface area contributed by atoms with Gasteiger partial charge in [-0.25, -0.2) is 0 Å². The molecule has 0 rings (SSSR count). The van der Waals surface area contributed by atoms with Crippen LogP contribution in [0.4, 0.5) is 0 Å². The van der Waals surface area contributed by atoms with E-state index in [-0.39, 0.29) is 0 Å². The Kier molecular flexibility index (Phi) is 4.10. The monoisotopic (exact) mass is 255 g/mol. The molecule has 0 aliphatic heterocycles. The molecule has 0 aromatic heterocycles. The van der Waals surface area contributed by atoms with Crippen molar-refractivity contribution in [3.8, 4) is 5.40 Å². The molecule has 0 aliphatic carbocycles. The van der Waals surface area contributed by atoms with Gasteiger partial charge in [0, 0.05) is 0 Å². The van der Waals surface area contributed by atoms with Gasteiger partial charge in [-0.3, -0.25) is 0 Å². The second kappa shape index (κ2) is 3.58. The molecule has 0 amide bonds. The van der Waals surface area contributed by atoms with Gasteiger partial charge in [-0.15, -0.1) is 0 Å². The van der Waals surface area contributed by atoms with E-state index in [0.717, 1.165) is 9.23 Å². The van der Waals surface area contributed by atoms with Gasteiger partial charge in [0.15, 0.2) is 0 Å². The van der Waals surface area contributed by atoms with Crippen molar-refractivity contribution in [2.45, 2.75) is 0 Å². The molecule has 0 fully saturated rings.